The molecule has 11 rings (SSSR count). The van der Waals surface area contributed by atoms with Gasteiger partial charge in [-0.1, -0.05) is 100 Å². The van der Waals surface area contributed by atoms with Gasteiger partial charge in [-0.05, 0) is 378 Å². The number of nitrogens with one attached hydrogen (secondary N) is 3. The third kappa shape index (κ3) is 33.8. The van der Waals surface area contributed by atoms with E-state index in [1.54, 1.807) is 0 Å². The Kier molecular flexibility index (Phi) is 40.9. The maximum Gasteiger partial charge on any atom is 0.324 e. The van der Waals surface area contributed by atoms with Gasteiger partial charge in [0, 0.05) is 169 Å². The number of benzene rings is 5. The number of nitrogens with zero attached hydrogens (tertiary/aromatic N) is 3. The second kappa shape index (κ2) is 48.6. The number of carbonyl (C=O) groups is 7. The van der Waals surface area contributed by atoms with Crippen LogP contribution in [0.4, 0.5) is 0 Å². The van der Waals surface area contributed by atoms with Crippen LogP contribution in [0.5, 0.6) is 28.7 Å². The second-order valence-electron chi connectivity index (χ2n) is 52.9. The molecule has 0 aliphatic carbocycles. The van der Waals surface area contributed by atoms with Crippen molar-refractivity contribution in [3.63, 3.8) is 0 Å². The van der Waals surface area contributed by atoms with E-state index in [9.17, 15) is 59.1 Å². The number of rotatable bonds is 32. The van der Waals surface area contributed by atoms with E-state index in [-0.39, 0.29) is 152 Å². The molecule has 0 amide bonds. The Morgan fingerprint density at radius 2 is 0.493 bits per heavy atom. The molecular weight excluding hydrogens is 1870 g/mol. The molecule has 0 aromatic heterocycles. The molecule has 6 aliphatic rings. The third-order valence-electron chi connectivity index (χ3n) is 32.3. The van der Waals surface area contributed by atoms with E-state index in [0.29, 0.717) is 152 Å². The highest BCUT2D eigenvalue weighted by molar-refractivity contribution is 6.01. The summed E-state index contributed by atoms with van der Waals surface area (Å²) in [7, 11) is 4.25. The Morgan fingerprint density at radius 1 is 0.297 bits per heavy atom. The van der Waals surface area contributed by atoms with E-state index in [2.05, 4.69) is 225 Å². The fraction of sp³-hybridized carbons (Fsp3) is 0.699. The van der Waals surface area contributed by atoms with E-state index in [4.69, 9.17) is 33.2 Å². The van der Waals surface area contributed by atoms with Crippen LogP contribution in [0.25, 0.3) is 0 Å². The summed E-state index contributed by atoms with van der Waals surface area (Å²) in [5.74, 6) is -1.14. The minimum Gasteiger partial charge on any atom is -0.507 e. The number of aromatic hydroxyl groups is 5. The van der Waals surface area contributed by atoms with E-state index in [1.165, 1.54) is 0 Å². The van der Waals surface area contributed by atoms with Crippen molar-refractivity contribution in [2.45, 2.75) is 519 Å². The SMILES string of the molecule is CCCCC(Cc1cc(C)c(O)c(C)c1)(C(=O)OC1CC(C)(C)N(C)C(C)(C)C1)C(=O)OC1CC(C)(C)N(C)C(C)(C)C1.CCCCC(Cc1cc(C)c(O)c(C)c1)(C(=O)OC1CC(C)(C)NC(C)(C)C1)C(=O)OC1CC(C)(C)NC(C)(C)C1.Cc1cc(CCC(=O)OC2CC(C)(C)NC(C)(C)C2)cc(C)c1O.Cc1cc(CCC(=O)OCCN2C(C)(C)CC(OC(=O)CCc3cc(C)c(O)c(C)c3)CC2(C)C)cc(C)c1O. The smallest absolute Gasteiger partial charge is 0.324 e. The molecule has 830 valence electrons. The second-order valence-corrected chi connectivity index (χ2v) is 52.9. The average Bonchev–Trinajstić information content (AvgIpc) is 0.758. The zero-order chi connectivity index (χ0) is 112. The maximum atomic E-state index is 14.6. The lowest BCUT2D eigenvalue weighted by atomic mass is 9.75. The van der Waals surface area contributed by atoms with Gasteiger partial charge in [-0.3, -0.25) is 48.3 Å². The first kappa shape index (κ1) is 124. The third-order valence-corrected chi connectivity index (χ3v) is 32.3. The Morgan fingerprint density at radius 3 is 0.723 bits per heavy atom. The van der Waals surface area contributed by atoms with Crippen LogP contribution >= 0.6 is 0 Å². The zero-order valence-electron chi connectivity index (χ0n) is 98.3. The van der Waals surface area contributed by atoms with Gasteiger partial charge in [-0.2, -0.15) is 0 Å². The number of phenolic OH excluding ortho intramolecular Hbond substituents is 5. The van der Waals surface area contributed by atoms with Crippen LogP contribution < -0.4 is 16.0 Å². The van der Waals surface area contributed by atoms with Crippen molar-refractivity contribution in [3.05, 3.63) is 144 Å². The fourth-order valence-electron chi connectivity index (χ4n) is 25.7. The van der Waals surface area contributed by atoms with Crippen LogP contribution in [0.3, 0.4) is 0 Å². The number of likely N-dealkylation sites (tertiary alicyclic amines) is 3. The van der Waals surface area contributed by atoms with E-state index >= 15 is 0 Å². The lowest BCUT2D eigenvalue weighted by molar-refractivity contribution is -0.189. The van der Waals surface area contributed by atoms with Crippen molar-refractivity contribution in [3.8, 4) is 28.7 Å². The average molecular weight is 2060 g/mol. The number of carbonyl (C=O) groups excluding carboxylic acids is 7. The highest BCUT2D eigenvalue weighted by Gasteiger charge is 2.57. The van der Waals surface area contributed by atoms with Gasteiger partial charge in [0.2, 0.25) is 0 Å². The molecule has 0 bridgehead atoms. The molecule has 25 heteroatoms. The summed E-state index contributed by atoms with van der Waals surface area (Å²) in [5, 5.41) is 61.5. The van der Waals surface area contributed by atoms with Crippen molar-refractivity contribution in [2.75, 3.05) is 27.2 Å². The monoisotopic (exact) mass is 2060 g/mol. The fourth-order valence-corrected chi connectivity index (χ4v) is 25.7. The quantitative estimate of drug-likeness (QED) is 0.0113. The Bertz CT molecular complexity index is 5130. The minimum absolute atomic E-state index is 0.0299. The number of ether oxygens (including phenoxy) is 7. The number of hydrogen-bond acceptors (Lipinski definition) is 25. The van der Waals surface area contributed by atoms with Crippen LogP contribution in [0.15, 0.2) is 60.7 Å². The lowest BCUT2D eigenvalue weighted by Crippen LogP contribution is -2.63. The number of piperidine rings is 6. The zero-order valence-corrected chi connectivity index (χ0v) is 98.3. The van der Waals surface area contributed by atoms with Crippen LogP contribution in [0.2, 0.25) is 0 Å². The highest BCUT2D eigenvalue weighted by Crippen LogP contribution is 2.48. The van der Waals surface area contributed by atoms with E-state index < -0.39 is 34.7 Å². The largest absolute Gasteiger partial charge is 0.507 e. The number of phenols is 5. The first-order valence-electron chi connectivity index (χ1n) is 54.8. The molecule has 5 aromatic rings. The summed E-state index contributed by atoms with van der Waals surface area (Å²) < 4.78 is 42.8. The van der Waals surface area contributed by atoms with Crippen LogP contribution in [0, 0.1) is 80.1 Å². The molecular formula is C123H194N6O19. The van der Waals surface area contributed by atoms with Gasteiger partial charge in [0.15, 0.2) is 10.8 Å². The van der Waals surface area contributed by atoms with Crippen molar-refractivity contribution in [1.82, 2.24) is 30.7 Å². The molecule has 6 heterocycles. The predicted molar refractivity (Wildman–Crippen MR) is 590 cm³/mol. The highest BCUT2D eigenvalue weighted by atomic mass is 16.6. The summed E-state index contributed by atoms with van der Waals surface area (Å²) in [5.41, 5.74) is 7.50. The first-order chi connectivity index (χ1) is 67.8. The van der Waals surface area contributed by atoms with Gasteiger partial charge in [0.25, 0.3) is 0 Å². The topological polar surface area (TPSA) is 331 Å². The molecule has 6 fully saturated rings. The molecule has 8 N–H and O–H groups in total. The minimum atomic E-state index is -1.48. The molecule has 6 saturated heterocycles. The summed E-state index contributed by atoms with van der Waals surface area (Å²) in [4.78, 5) is 103. The predicted octanol–water partition coefficient (Wildman–Crippen LogP) is 23.3. The van der Waals surface area contributed by atoms with E-state index in [0.717, 1.165) is 109 Å². The normalized spacial score (nSPS) is 20.6. The Labute approximate surface area is 889 Å². The molecule has 25 nitrogen and oxygen atoms in total. The maximum absolute atomic E-state index is 14.6. The van der Waals surface area contributed by atoms with Gasteiger partial charge in [0.1, 0.15) is 72.0 Å². The summed E-state index contributed by atoms with van der Waals surface area (Å²) in [6, 6.07) is 19.0. The van der Waals surface area contributed by atoms with Crippen molar-refractivity contribution < 1.29 is 92.3 Å². The van der Waals surface area contributed by atoms with Gasteiger partial charge < -0.3 is 74.6 Å². The molecule has 0 atom stereocenters. The van der Waals surface area contributed by atoms with Crippen molar-refractivity contribution >= 4 is 41.8 Å². The summed E-state index contributed by atoms with van der Waals surface area (Å²) in [6.45, 7) is 75.2. The van der Waals surface area contributed by atoms with Crippen LogP contribution in [-0.2, 0) is 98.8 Å². The molecule has 0 radical (unpaired) electrons. The van der Waals surface area contributed by atoms with Crippen LogP contribution in [0.1, 0.15) is 398 Å². The number of esters is 7. The van der Waals surface area contributed by atoms with Gasteiger partial charge in [0.05, 0.1) is 0 Å². The summed E-state index contributed by atoms with van der Waals surface area (Å²) >= 11 is 0. The van der Waals surface area contributed by atoms with Crippen molar-refractivity contribution in [2.24, 2.45) is 10.8 Å². The Balaban J connectivity index is 0.000000245. The van der Waals surface area contributed by atoms with Gasteiger partial charge >= 0.3 is 41.8 Å². The molecule has 5 aromatic carbocycles. The van der Waals surface area contributed by atoms with Crippen molar-refractivity contribution in [1.29, 1.82) is 0 Å². The number of unbranched alkanes of at least 4 members (excludes halogenated alkanes) is 2. The lowest BCUT2D eigenvalue weighted by Gasteiger charge is -2.54. The molecule has 148 heavy (non-hydrogen) atoms. The van der Waals surface area contributed by atoms with Gasteiger partial charge in [-0.25, -0.2) is 0 Å². The molecule has 0 spiro atoms. The number of aryl methyl sites for hydroxylation is 13. The number of hydrogen-bond donors (Lipinski definition) is 8. The molecule has 6 aliphatic heterocycles. The standard InChI is InChI=1S/C36H60N2O5.C34H56N2O5.C33H47NO6.C20H31NO3/c1-14-15-16-36(19-26-17-24(2)29(39)25(3)18-26,30(40)42-27-20-32(4,5)37(12)33(6,7)21-27)31(41)43-28-22-34(8,9)38(13)35(10,11)23-28;1-12-13-14-34(17-24-15-22(2)27(37)23(3)16-24,28(38)40-25-18-30(4,5)35-31(6,7)19-25)29(39)41-26-20-32(8,9)36-33(10,11)21-26;1-21-15-25(16-22(2)30(21)37)9-11-28(35)39-14-13-34-32(5,6)19-27(20-33(34,7)8)40-29(36)12-10-26-17-23(3)31(38)24(4)18-26;1-13-9-15(10-14(2)18(13)23)7-8-17(22)24-16-11-19(3,4)21-20(5,6)12-16/h17-18,27-28,39H,14-16,19-23H2,1-13H3;15-16,25-26,35-37H,12-14,17-21H2,1-11H3;15-18,27,37-38H,9-14,19-20H2,1-8H3;9-10,16,21,23H,7-8,11-12H2,1-6H3. The summed E-state index contributed by atoms with van der Waals surface area (Å²) in [6.07, 6.45) is 13.8. The molecule has 0 saturated carbocycles. The van der Waals surface area contributed by atoms with E-state index in [1.807, 2.05) is 130 Å². The van der Waals surface area contributed by atoms with Crippen LogP contribution in [-0.4, -0.2) is 212 Å². The molecule has 0 unspecified atom stereocenters. The van der Waals surface area contributed by atoms with Gasteiger partial charge in [-0.15, -0.1) is 0 Å². The first-order valence-corrected chi connectivity index (χ1v) is 54.8. The Hall–Kier alpha value is -8.85.